The standard InChI is InChI=1S/C25H24N3O8P/c1-4-25(13-12-21(35-25)28-14-16(2)22(29)26-24(28)32)15-34-37(33,27-17(3)23(30)31)36-20-11-7-9-18-8-5-6-10-19(18)20/h1,5-14,17,21H,15H2,2-3H3,(H,27,33)(H,30,31)(H,26,29,32)/t17-,21+,25-,37?/m0/s1. The van der Waals surface area contributed by atoms with Crippen LogP contribution in [0.3, 0.4) is 0 Å². The number of carbonyl (C=O) groups is 1. The number of terminal acetylenes is 1. The zero-order valence-electron chi connectivity index (χ0n) is 19.9. The number of aromatic nitrogens is 2. The van der Waals surface area contributed by atoms with Gasteiger partial charge < -0.3 is 14.4 Å². The smallest absolute Gasteiger partial charge is 0.459 e. The third-order valence-electron chi connectivity index (χ3n) is 5.66. The second-order valence-corrected chi connectivity index (χ2v) is 10.1. The number of carboxylic acids is 1. The van der Waals surface area contributed by atoms with E-state index in [0.29, 0.717) is 5.39 Å². The van der Waals surface area contributed by atoms with Gasteiger partial charge in [-0.15, -0.1) is 6.42 Å². The molecule has 1 aromatic heterocycles. The van der Waals surface area contributed by atoms with Crippen LogP contribution in [0.25, 0.3) is 10.8 Å². The second kappa shape index (κ2) is 10.2. The predicted molar refractivity (Wildman–Crippen MR) is 135 cm³/mol. The summed E-state index contributed by atoms with van der Waals surface area (Å²) >= 11 is 0. The van der Waals surface area contributed by atoms with Crippen LogP contribution in [0, 0.1) is 19.3 Å². The lowest BCUT2D eigenvalue weighted by molar-refractivity contribution is -0.138. The van der Waals surface area contributed by atoms with Crippen LogP contribution in [0.1, 0.15) is 18.7 Å². The first-order valence-corrected chi connectivity index (χ1v) is 12.7. The van der Waals surface area contributed by atoms with Crippen LogP contribution in [0.2, 0.25) is 0 Å². The van der Waals surface area contributed by atoms with Crippen molar-refractivity contribution in [3.8, 4) is 18.1 Å². The quantitative estimate of drug-likeness (QED) is 0.218. The van der Waals surface area contributed by atoms with E-state index in [-0.39, 0.29) is 11.3 Å². The van der Waals surface area contributed by atoms with Crippen molar-refractivity contribution < 1.29 is 28.3 Å². The van der Waals surface area contributed by atoms with Crippen molar-refractivity contribution in [2.24, 2.45) is 0 Å². The van der Waals surface area contributed by atoms with E-state index in [1.165, 1.54) is 32.2 Å². The van der Waals surface area contributed by atoms with Crippen LogP contribution in [-0.4, -0.2) is 38.9 Å². The molecule has 1 unspecified atom stereocenters. The lowest BCUT2D eigenvalue weighted by Gasteiger charge is -2.28. The van der Waals surface area contributed by atoms with Crippen molar-refractivity contribution in [1.82, 2.24) is 14.6 Å². The number of hydrogen-bond donors (Lipinski definition) is 3. The highest BCUT2D eigenvalue weighted by Crippen LogP contribution is 2.48. The molecule has 2 heterocycles. The van der Waals surface area contributed by atoms with Crippen molar-refractivity contribution >= 4 is 24.5 Å². The highest BCUT2D eigenvalue weighted by molar-refractivity contribution is 7.52. The molecular formula is C25H24N3O8P. The highest BCUT2D eigenvalue weighted by atomic mass is 31.2. The Bertz CT molecular complexity index is 1580. The van der Waals surface area contributed by atoms with Crippen LogP contribution in [0.4, 0.5) is 0 Å². The third-order valence-corrected chi connectivity index (χ3v) is 7.27. The average molecular weight is 525 g/mol. The Hall–Kier alpha value is -3.94. The number of carboxylic acid groups (broad SMARTS) is 1. The van der Waals surface area contributed by atoms with E-state index >= 15 is 0 Å². The molecule has 4 atom stereocenters. The van der Waals surface area contributed by atoms with Gasteiger partial charge in [0.1, 0.15) is 18.4 Å². The largest absolute Gasteiger partial charge is 0.480 e. The minimum atomic E-state index is -4.34. The minimum absolute atomic E-state index is 0.206. The SMILES string of the molecule is C#C[C@@]1(COP(=O)(N[C@@H](C)C(=O)O)Oc2cccc3ccccc23)C=C[C@H](n2cc(C)c(=O)[nH]c2=O)O1. The van der Waals surface area contributed by atoms with Gasteiger partial charge in [-0.3, -0.25) is 23.7 Å². The van der Waals surface area contributed by atoms with E-state index < -0.39 is 49.4 Å². The van der Waals surface area contributed by atoms with E-state index in [1.54, 1.807) is 24.3 Å². The van der Waals surface area contributed by atoms with E-state index in [2.05, 4.69) is 16.0 Å². The maximum atomic E-state index is 13.8. The molecule has 0 fully saturated rings. The summed E-state index contributed by atoms with van der Waals surface area (Å²) in [4.78, 5) is 37.6. The van der Waals surface area contributed by atoms with Gasteiger partial charge in [0.15, 0.2) is 11.8 Å². The number of H-pyrrole nitrogens is 1. The fourth-order valence-electron chi connectivity index (χ4n) is 3.63. The van der Waals surface area contributed by atoms with E-state index in [1.807, 2.05) is 18.2 Å². The summed E-state index contributed by atoms with van der Waals surface area (Å²) in [5, 5.41) is 13.2. The molecule has 1 aliphatic rings. The zero-order valence-corrected chi connectivity index (χ0v) is 20.8. The number of aryl methyl sites for hydroxylation is 1. The number of hydrogen-bond acceptors (Lipinski definition) is 7. The van der Waals surface area contributed by atoms with Crippen molar-refractivity contribution in [2.75, 3.05) is 6.61 Å². The number of aliphatic carboxylic acids is 1. The first-order valence-electron chi connectivity index (χ1n) is 11.1. The van der Waals surface area contributed by atoms with E-state index in [4.69, 9.17) is 20.2 Å². The molecule has 1 aliphatic heterocycles. The van der Waals surface area contributed by atoms with Crippen LogP contribution in [0.5, 0.6) is 5.75 Å². The topological polar surface area (TPSA) is 149 Å². The Kier molecular flexibility index (Phi) is 7.21. The van der Waals surface area contributed by atoms with Crippen molar-refractivity contribution in [3.63, 3.8) is 0 Å². The number of fused-ring (bicyclic) bond motifs is 1. The van der Waals surface area contributed by atoms with Crippen molar-refractivity contribution in [2.45, 2.75) is 31.7 Å². The summed E-state index contributed by atoms with van der Waals surface area (Å²) in [6.07, 6.45) is 9.00. The molecule has 0 amide bonds. The molecule has 0 bridgehead atoms. The Morgan fingerprint density at radius 1 is 1.32 bits per heavy atom. The van der Waals surface area contributed by atoms with Gasteiger partial charge in [0.05, 0.1) is 0 Å². The van der Waals surface area contributed by atoms with Gasteiger partial charge in [-0.1, -0.05) is 42.3 Å². The minimum Gasteiger partial charge on any atom is -0.480 e. The Labute approximate surface area is 211 Å². The van der Waals surface area contributed by atoms with Crippen molar-refractivity contribution in [3.05, 3.63) is 87.2 Å². The van der Waals surface area contributed by atoms with Gasteiger partial charge in [-0.25, -0.2) is 9.36 Å². The Morgan fingerprint density at radius 2 is 2.05 bits per heavy atom. The lowest BCUT2D eigenvalue weighted by Crippen LogP contribution is -2.38. The van der Waals surface area contributed by atoms with Crippen LogP contribution >= 0.6 is 7.75 Å². The molecular weight excluding hydrogens is 501 g/mol. The van der Waals surface area contributed by atoms with Gasteiger partial charge >= 0.3 is 19.4 Å². The first kappa shape index (κ1) is 26.1. The van der Waals surface area contributed by atoms with Gasteiger partial charge in [-0.2, -0.15) is 5.09 Å². The van der Waals surface area contributed by atoms with Gasteiger partial charge in [-0.05, 0) is 37.5 Å². The van der Waals surface area contributed by atoms with E-state index in [9.17, 15) is 24.1 Å². The van der Waals surface area contributed by atoms with E-state index in [0.717, 1.165) is 9.95 Å². The number of nitrogens with one attached hydrogen (secondary N) is 2. The molecule has 3 aromatic rings. The van der Waals surface area contributed by atoms with Crippen LogP contribution in [-0.2, 0) is 18.6 Å². The number of nitrogens with zero attached hydrogens (tertiary/aromatic N) is 1. The second-order valence-electron chi connectivity index (χ2n) is 8.41. The molecule has 37 heavy (non-hydrogen) atoms. The molecule has 3 N–H and O–H groups in total. The lowest BCUT2D eigenvalue weighted by atomic mass is 10.1. The number of ether oxygens (including phenoxy) is 1. The van der Waals surface area contributed by atoms with Gasteiger partial charge in [0.2, 0.25) is 0 Å². The molecule has 0 aliphatic carbocycles. The highest BCUT2D eigenvalue weighted by Gasteiger charge is 2.40. The monoisotopic (exact) mass is 525 g/mol. The summed E-state index contributed by atoms with van der Waals surface area (Å²) in [5.74, 6) is 1.35. The number of rotatable bonds is 9. The maximum absolute atomic E-state index is 13.8. The first-order chi connectivity index (χ1) is 17.5. The Morgan fingerprint density at radius 3 is 2.78 bits per heavy atom. The summed E-state index contributed by atoms with van der Waals surface area (Å²) < 4.78 is 32.2. The molecule has 2 aromatic carbocycles. The predicted octanol–water partition coefficient (Wildman–Crippen LogP) is 2.72. The summed E-state index contributed by atoms with van der Waals surface area (Å²) in [6.45, 7) is 2.31. The summed E-state index contributed by atoms with van der Waals surface area (Å²) in [5.41, 5.74) is -2.52. The fraction of sp³-hybridized carbons (Fsp3) is 0.240. The van der Waals surface area contributed by atoms with Gasteiger partial charge in [0.25, 0.3) is 5.56 Å². The normalized spacial score (nSPS) is 21.3. The van der Waals surface area contributed by atoms with Crippen LogP contribution < -0.4 is 20.9 Å². The average Bonchev–Trinajstić information content (AvgIpc) is 3.30. The van der Waals surface area contributed by atoms with Crippen LogP contribution in [0.15, 0.2) is 70.4 Å². The molecule has 0 saturated carbocycles. The summed E-state index contributed by atoms with van der Waals surface area (Å²) in [7, 11) is -4.34. The molecule has 11 nitrogen and oxygen atoms in total. The molecule has 4 rings (SSSR count). The molecule has 192 valence electrons. The zero-order chi connectivity index (χ0) is 26.8. The van der Waals surface area contributed by atoms with Gasteiger partial charge in [0, 0.05) is 17.1 Å². The number of aromatic amines is 1. The Balaban J connectivity index is 1.60. The fourth-order valence-corrected chi connectivity index (χ4v) is 5.18. The van der Waals surface area contributed by atoms with Crippen molar-refractivity contribution in [1.29, 1.82) is 0 Å². The molecule has 12 heteroatoms. The molecule has 0 spiro atoms. The third kappa shape index (κ3) is 5.58. The molecule has 0 saturated heterocycles. The number of benzene rings is 2. The summed E-state index contributed by atoms with van der Waals surface area (Å²) in [6, 6.07) is 11.0. The molecule has 0 radical (unpaired) electrons. The maximum Gasteiger partial charge on any atom is 0.459 e.